The van der Waals surface area contributed by atoms with Crippen LogP contribution in [0.25, 0.3) is 10.6 Å². The summed E-state index contributed by atoms with van der Waals surface area (Å²) in [5.74, 6) is 0.625. The van der Waals surface area contributed by atoms with Crippen molar-refractivity contribution in [1.82, 2.24) is 20.0 Å². The minimum atomic E-state index is -0.149. The fraction of sp³-hybridized carbons (Fsp3) is 0.400. The van der Waals surface area contributed by atoms with Crippen LogP contribution in [0.4, 0.5) is 6.01 Å². The van der Waals surface area contributed by atoms with Gasteiger partial charge in [-0.25, -0.2) is 0 Å². The van der Waals surface area contributed by atoms with Crippen LogP contribution in [0.5, 0.6) is 0 Å². The van der Waals surface area contributed by atoms with Crippen LogP contribution in [0.3, 0.4) is 0 Å². The number of aryl methyl sites for hydroxylation is 1. The maximum absolute atomic E-state index is 5.65. The van der Waals surface area contributed by atoms with Crippen molar-refractivity contribution in [3.8, 4) is 10.6 Å². The second kappa shape index (κ2) is 5.57. The molecule has 1 N–H and O–H groups in total. The zero-order valence-corrected chi connectivity index (χ0v) is 13.9. The summed E-state index contributed by atoms with van der Waals surface area (Å²) in [6.45, 7) is 6.72. The van der Waals surface area contributed by atoms with Gasteiger partial charge in [-0.1, -0.05) is 31.9 Å². The Morgan fingerprint density at radius 1 is 1.32 bits per heavy atom. The normalized spacial score (nSPS) is 11.8. The molecule has 0 amide bonds. The zero-order valence-electron chi connectivity index (χ0n) is 13.1. The van der Waals surface area contributed by atoms with Crippen LogP contribution in [-0.4, -0.2) is 20.0 Å². The predicted octanol–water partition coefficient (Wildman–Crippen LogP) is 3.44. The van der Waals surface area contributed by atoms with Gasteiger partial charge in [0, 0.05) is 30.8 Å². The predicted molar refractivity (Wildman–Crippen MR) is 86.8 cm³/mol. The number of aromatic nitrogens is 4. The monoisotopic (exact) mass is 317 g/mol. The maximum Gasteiger partial charge on any atom is 0.315 e. The quantitative estimate of drug-likeness (QED) is 0.798. The summed E-state index contributed by atoms with van der Waals surface area (Å²) < 4.78 is 7.47. The number of thiophene rings is 1. The molecule has 116 valence electrons. The molecule has 0 spiro atoms. The van der Waals surface area contributed by atoms with Crippen LogP contribution in [0.2, 0.25) is 0 Å². The van der Waals surface area contributed by atoms with Gasteiger partial charge in [-0.05, 0) is 11.4 Å². The number of anilines is 1. The van der Waals surface area contributed by atoms with Crippen molar-refractivity contribution in [2.24, 2.45) is 7.05 Å². The van der Waals surface area contributed by atoms with Crippen LogP contribution < -0.4 is 5.32 Å². The minimum Gasteiger partial charge on any atom is -0.408 e. The van der Waals surface area contributed by atoms with Gasteiger partial charge in [-0.2, -0.15) is 5.10 Å². The van der Waals surface area contributed by atoms with Crippen LogP contribution in [0.15, 0.2) is 28.1 Å². The lowest BCUT2D eigenvalue weighted by Crippen LogP contribution is -2.11. The van der Waals surface area contributed by atoms with E-state index >= 15 is 0 Å². The first-order valence-electron chi connectivity index (χ1n) is 7.08. The Kier molecular flexibility index (Phi) is 3.74. The van der Waals surface area contributed by atoms with E-state index in [-0.39, 0.29) is 5.41 Å². The SMILES string of the molecule is Cn1cc(CNc2nnc(C(C)(C)C)o2)c(-c2cccs2)n1. The van der Waals surface area contributed by atoms with E-state index in [1.807, 2.05) is 44.8 Å². The van der Waals surface area contributed by atoms with Crippen LogP contribution in [0.1, 0.15) is 32.2 Å². The van der Waals surface area contributed by atoms with Crippen molar-refractivity contribution in [2.75, 3.05) is 5.32 Å². The van der Waals surface area contributed by atoms with Crippen molar-refractivity contribution in [2.45, 2.75) is 32.7 Å². The summed E-state index contributed by atoms with van der Waals surface area (Å²) in [7, 11) is 1.92. The Morgan fingerprint density at radius 3 is 2.77 bits per heavy atom. The molecule has 3 aromatic rings. The van der Waals surface area contributed by atoms with Crippen molar-refractivity contribution >= 4 is 17.4 Å². The molecule has 0 aliphatic heterocycles. The highest BCUT2D eigenvalue weighted by Gasteiger charge is 2.21. The maximum atomic E-state index is 5.65. The average molecular weight is 317 g/mol. The molecule has 7 heteroatoms. The summed E-state index contributed by atoms with van der Waals surface area (Å²) in [5.41, 5.74) is 1.93. The Bertz CT molecular complexity index is 751. The molecular weight excluding hydrogens is 298 g/mol. The largest absolute Gasteiger partial charge is 0.408 e. The molecule has 3 heterocycles. The molecule has 0 atom stereocenters. The Labute approximate surface area is 133 Å². The van der Waals surface area contributed by atoms with Gasteiger partial charge in [0.25, 0.3) is 0 Å². The number of nitrogens with one attached hydrogen (secondary N) is 1. The van der Waals surface area contributed by atoms with E-state index in [2.05, 4.69) is 32.1 Å². The smallest absolute Gasteiger partial charge is 0.315 e. The van der Waals surface area contributed by atoms with Gasteiger partial charge in [0.05, 0.1) is 4.88 Å². The van der Waals surface area contributed by atoms with Gasteiger partial charge in [-0.15, -0.1) is 16.4 Å². The van der Waals surface area contributed by atoms with E-state index in [1.54, 1.807) is 11.3 Å². The zero-order chi connectivity index (χ0) is 15.7. The van der Waals surface area contributed by atoms with Gasteiger partial charge >= 0.3 is 6.01 Å². The van der Waals surface area contributed by atoms with Crippen molar-refractivity contribution in [1.29, 1.82) is 0 Å². The lowest BCUT2D eigenvalue weighted by molar-refractivity contribution is 0.399. The van der Waals surface area contributed by atoms with E-state index < -0.39 is 0 Å². The second-order valence-corrected chi connectivity index (χ2v) is 7.12. The Morgan fingerprint density at radius 2 is 2.14 bits per heavy atom. The van der Waals surface area contributed by atoms with Crippen molar-refractivity contribution in [3.05, 3.63) is 35.2 Å². The number of rotatable bonds is 4. The third kappa shape index (κ3) is 3.04. The molecule has 0 aliphatic carbocycles. The lowest BCUT2D eigenvalue weighted by atomic mass is 9.97. The molecule has 22 heavy (non-hydrogen) atoms. The second-order valence-electron chi connectivity index (χ2n) is 6.17. The van der Waals surface area contributed by atoms with E-state index in [4.69, 9.17) is 4.42 Å². The van der Waals surface area contributed by atoms with Gasteiger partial charge in [-0.3, -0.25) is 4.68 Å². The number of hydrogen-bond acceptors (Lipinski definition) is 6. The van der Waals surface area contributed by atoms with E-state index in [9.17, 15) is 0 Å². The molecule has 0 bridgehead atoms. The van der Waals surface area contributed by atoms with Crippen molar-refractivity contribution < 1.29 is 4.42 Å². The first-order chi connectivity index (χ1) is 10.4. The number of nitrogens with zero attached hydrogens (tertiary/aromatic N) is 4. The molecule has 0 unspecified atom stereocenters. The van der Waals surface area contributed by atoms with Crippen molar-refractivity contribution in [3.63, 3.8) is 0 Å². The van der Waals surface area contributed by atoms with E-state index in [1.165, 1.54) is 0 Å². The Balaban J connectivity index is 1.76. The summed E-state index contributed by atoms with van der Waals surface area (Å²) in [6.07, 6.45) is 2.00. The highest BCUT2D eigenvalue weighted by atomic mass is 32.1. The van der Waals surface area contributed by atoms with Crippen LogP contribution in [0, 0.1) is 0 Å². The molecular formula is C15H19N5OS. The molecule has 6 nitrogen and oxygen atoms in total. The molecule has 0 saturated carbocycles. The number of hydrogen-bond donors (Lipinski definition) is 1. The highest BCUT2D eigenvalue weighted by molar-refractivity contribution is 7.13. The van der Waals surface area contributed by atoms with Crippen LogP contribution >= 0.6 is 11.3 Å². The van der Waals surface area contributed by atoms with Gasteiger partial charge < -0.3 is 9.73 Å². The molecule has 0 fully saturated rings. The topological polar surface area (TPSA) is 68.8 Å². The lowest BCUT2D eigenvalue weighted by Gasteiger charge is -2.10. The Hall–Kier alpha value is -2.15. The van der Waals surface area contributed by atoms with Gasteiger partial charge in [0.1, 0.15) is 5.69 Å². The summed E-state index contributed by atoms with van der Waals surface area (Å²) in [6, 6.07) is 4.53. The summed E-state index contributed by atoms with van der Waals surface area (Å²) >= 11 is 1.68. The first kappa shape index (κ1) is 14.8. The molecule has 0 saturated heterocycles. The third-order valence-corrected chi connectivity index (χ3v) is 4.03. The van der Waals surface area contributed by atoms with E-state index in [0.29, 0.717) is 18.5 Å². The van der Waals surface area contributed by atoms with Crippen LogP contribution in [-0.2, 0) is 19.0 Å². The molecule has 0 aliphatic rings. The molecule has 3 aromatic heterocycles. The fourth-order valence-corrected chi connectivity index (χ4v) is 2.80. The van der Waals surface area contributed by atoms with Gasteiger partial charge in [0.15, 0.2) is 0 Å². The summed E-state index contributed by atoms with van der Waals surface area (Å²) in [4.78, 5) is 1.15. The fourth-order valence-electron chi connectivity index (χ4n) is 2.06. The first-order valence-corrected chi connectivity index (χ1v) is 7.96. The molecule has 3 rings (SSSR count). The van der Waals surface area contributed by atoms with Gasteiger partial charge in [0.2, 0.25) is 5.89 Å². The van der Waals surface area contributed by atoms with E-state index in [0.717, 1.165) is 16.1 Å². The minimum absolute atomic E-state index is 0.149. The highest BCUT2D eigenvalue weighted by Crippen LogP contribution is 2.27. The molecule has 0 aromatic carbocycles. The molecule has 0 radical (unpaired) electrons. The average Bonchev–Trinajstić information content (AvgIpc) is 3.16. The third-order valence-electron chi connectivity index (χ3n) is 3.16. The standard InChI is InChI=1S/C15H19N5OS/c1-15(2,3)13-17-18-14(21-13)16-8-10-9-20(4)19-12(10)11-6-5-7-22-11/h5-7,9H,8H2,1-4H3,(H,16,18). The summed E-state index contributed by atoms with van der Waals surface area (Å²) in [5, 5.41) is 17.9.